The largest absolute Gasteiger partial charge is 0.479 e. The Morgan fingerprint density at radius 2 is 1.93 bits per heavy atom. The van der Waals surface area contributed by atoms with Gasteiger partial charge in [0.2, 0.25) is 0 Å². The molecule has 3 nitrogen and oxygen atoms in total. The third-order valence-electron chi connectivity index (χ3n) is 3.45. The molecule has 1 fully saturated rings. The second-order valence-electron chi connectivity index (χ2n) is 5.25. The van der Waals surface area contributed by atoms with Crippen LogP contribution in [0, 0.1) is 5.41 Å². The maximum absolute atomic E-state index is 11.3. The normalized spacial score (nSPS) is 30.9. The van der Waals surface area contributed by atoms with Gasteiger partial charge in [0.1, 0.15) is 0 Å². The summed E-state index contributed by atoms with van der Waals surface area (Å²) in [5.41, 5.74) is -0.656. The Kier molecular flexibility index (Phi) is 3.77. The first-order chi connectivity index (χ1) is 6.92. The summed E-state index contributed by atoms with van der Waals surface area (Å²) in [6, 6.07) is 0. The van der Waals surface area contributed by atoms with Crippen LogP contribution in [-0.4, -0.2) is 23.3 Å². The van der Waals surface area contributed by atoms with Gasteiger partial charge >= 0.3 is 5.97 Å². The van der Waals surface area contributed by atoms with E-state index in [2.05, 4.69) is 13.8 Å². The van der Waals surface area contributed by atoms with Crippen molar-refractivity contribution in [3.05, 3.63) is 0 Å². The van der Waals surface area contributed by atoms with Crippen molar-refractivity contribution in [2.24, 2.45) is 5.41 Å². The van der Waals surface area contributed by atoms with Crippen LogP contribution in [0.3, 0.4) is 0 Å². The van der Waals surface area contributed by atoms with Gasteiger partial charge in [0.25, 0.3) is 0 Å². The van der Waals surface area contributed by atoms with Crippen LogP contribution in [0.4, 0.5) is 0 Å². The number of aliphatic carboxylic acids is 1. The Morgan fingerprint density at radius 3 is 2.47 bits per heavy atom. The van der Waals surface area contributed by atoms with Crippen molar-refractivity contribution in [1.29, 1.82) is 0 Å². The number of carboxylic acids is 1. The van der Waals surface area contributed by atoms with E-state index in [9.17, 15) is 9.90 Å². The molecule has 0 aromatic carbocycles. The van der Waals surface area contributed by atoms with E-state index in [1.54, 1.807) is 0 Å². The third kappa shape index (κ3) is 2.94. The predicted octanol–water partition coefficient (Wildman–Crippen LogP) is 2.84. The lowest BCUT2D eigenvalue weighted by Crippen LogP contribution is -2.41. The molecule has 0 aromatic rings. The van der Waals surface area contributed by atoms with Crippen LogP contribution in [0.1, 0.15) is 52.9 Å². The molecule has 1 aliphatic carbocycles. The molecule has 0 amide bonds. The summed E-state index contributed by atoms with van der Waals surface area (Å²) in [4.78, 5) is 11.3. The van der Waals surface area contributed by atoms with E-state index in [0.29, 0.717) is 19.4 Å². The van der Waals surface area contributed by atoms with Crippen LogP contribution >= 0.6 is 0 Å². The quantitative estimate of drug-likeness (QED) is 0.735. The number of carboxylic acid groups (broad SMARTS) is 1. The molecule has 0 bridgehead atoms. The average molecular weight is 214 g/mol. The fourth-order valence-corrected chi connectivity index (χ4v) is 2.34. The predicted molar refractivity (Wildman–Crippen MR) is 58.9 cm³/mol. The topological polar surface area (TPSA) is 46.5 Å². The highest BCUT2D eigenvalue weighted by molar-refractivity contribution is 5.77. The van der Waals surface area contributed by atoms with Crippen molar-refractivity contribution in [3.63, 3.8) is 0 Å². The van der Waals surface area contributed by atoms with E-state index < -0.39 is 11.6 Å². The molecule has 0 saturated heterocycles. The van der Waals surface area contributed by atoms with Crippen molar-refractivity contribution in [2.45, 2.75) is 58.5 Å². The van der Waals surface area contributed by atoms with Crippen molar-refractivity contribution in [2.75, 3.05) is 6.61 Å². The Balaban J connectivity index is 2.77. The van der Waals surface area contributed by atoms with Crippen LogP contribution in [-0.2, 0) is 9.53 Å². The summed E-state index contributed by atoms with van der Waals surface area (Å²) >= 11 is 0. The SMILES string of the molecule is CCOC1(C(=O)O)CCCC(C)(C)CC1. The average Bonchev–Trinajstić information content (AvgIpc) is 2.27. The van der Waals surface area contributed by atoms with Gasteiger partial charge in [0, 0.05) is 6.61 Å². The lowest BCUT2D eigenvalue weighted by Gasteiger charge is -2.28. The van der Waals surface area contributed by atoms with Crippen LogP contribution < -0.4 is 0 Å². The molecule has 0 heterocycles. The first-order valence-electron chi connectivity index (χ1n) is 5.79. The van der Waals surface area contributed by atoms with E-state index in [0.717, 1.165) is 19.3 Å². The van der Waals surface area contributed by atoms with Crippen molar-refractivity contribution >= 4 is 5.97 Å². The molecule has 0 radical (unpaired) electrons. The second kappa shape index (κ2) is 4.52. The Morgan fingerprint density at radius 1 is 1.27 bits per heavy atom. The van der Waals surface area contributed by atoms with E-state index in [4.69, 9.17) is 4.74 Å². The zero-order chi connectivity index (χ0) is 11.5. The molecule has 0 spiro atoms. The number of ether oxygens (including phenoxy) is 1. The van der Waals surface area contributed by atoms with Crippen molar-refractivity contribution in [1.82, 2.24) is 0 Å². The molecule has 1 N–H and O–H groups in total. The Labute approximate surface area is 91.8 Å². The third-order valence-corrected chi connectivity index (χ3v) is 3.45. The maximum atomic E-state index is 11.3. The Hall–Kier alpha value is -0.570. The van der Waals surface area contributed by atoms with Gasteiger partial charge in [-0.2, -0.15) is 0 Å². The van der Waals surface area contributed by atoms with Gasteiger partial charge < -0.3 is 9.84 Å². The molecule has 1 atom stereocenters. The van der Waals surface area contributed by atoms with Crippen LogP contribution in [0.2, 0.25) is 0 Å². The fraction of sp³-hybridized carbons (Fsp3) is 0.917. The summed E-state index contributed by atoms with van der Waals surface area (Å²) in [5, 5.41) is 9.29. The van der Waals surface area contributed by atoms with E-state index >= 15 is 0 Å². The lowest BCUT2D eigenvalue weighted by atomic mass is 9.84. The fourth-order valence-electron chi connectivity index (χ4n) is 2.34. The molecule has 1 saturated carbocycles. The molecular weight excluding hydrogens is 192 g/mol. The molecule has 1 aliphatic rings. The monoisotopic (exact) mass is 214 g/mol. The number of hydrogen-bond acceptors (Lipinski definition) is 2. The standard InChI is InChI=1S/C12H22O3/c1-4-15-12(10(13)14)7-5-6-11(2,3)8-9-12/h4-9H2,1-3H3,(H,13,14). The van der Waals surface area contributed by atoms with Crippen LogP contribution in [0.15, 0.2) is 0 Å². The van der Waals surface area contributed by atoms with Gasteiger partial charge in [0.15, 0.2) is 5.60 Å². The molecular formula is C12H22O3. The lowest BCUT2D eigenvalue weighted by molar-refractivity contribution is -0.167. The highest BCUT2D eigenvalue weighted by atomic mass is 16.5. The molecule has 15 heavy (non-hydrogen) atoms. The minimum Gasteiger partial charge on any atom is -0.479 e. The molecule has 1 unspecified atom stereocenters. The molecule has 3 heteroatoms. The molecule has 0 aromatic heterocycles. The van der Waals surface area contributed by atoms with E-state index in [-0.39, 0.29) is 5.41 Å². The maximum Gasteiger partial charge on any atom is 0.335 e. The summed E-state index contributed by atoms with van der Waals surface area (Å²) in [6.45, 7) is 6.75. The molecule has 88 valence electrons. The van der Waals surface area contributed by atoms with Gasteiger partial charge in [-0.1, -0.05) is 13.8 Å². The van der Waals surface area contributed by atoms with Gasteiger partial charge in [-0.15, -0.1) is 0 Å². The summed E-state index contributed by atoms with van der Waals surface area (Å²) in [6.07, 6.45) is 4.26. The highest BCUT2D eigenvalue weighted by Gasteiger charge is 2.42. The zero-order valence-electron chi connectivity index (χ0n) is 10.0. The smallest absolute Gasteiger partial charge is 0.335 e. The first-order valence-corrected chi connectivity index (χ1v) is 5.79. The number of carbonyl (C=O) groups is 1. The Bertz CT molecular complexity index is 235. The number of rotatable bonds is 3. The van der Waals surface area contributed by atoms with E-state index in [1.807, 2.05) is 6.92 Å². The van der Waals surface area contributed by atoms with E-state index in [1.165, 1.54) is 0 Å². The minimum absolute atomic E-state index is 0.258. The second-order valence-corrected chi connectivity index (χ2v) is 5.25. The number of hydrogen-bond donors (Lipinski definition) is 1. The van der Waals surface area contributed by atoms with Crippen LogP contribution in [0.5, 0.6) is 0 Å². The zero-order valence-corrected chi connectivity index (χ0v) is 10.0. The first kappa shape index (κ1) is 12.5. The van der Waals surface area contributed by atoms with Crippen LogP contribution in [0.25, 0.3) is 0 Å². The highest BCUT2D eigenvalue weighted by Crippen LogP contribution is 2.39. The summed E-state index contributed by atoms with van der Waals surface area (Å²) in [7, 11) is 0. The minimum atomic E-state index is -0.914. The van der Waals surface area contributed by atoms with Gasteiger partial charge in [-0.05, 0) is 44.4 Å². The molecule has 1 rings (SSSR count). The van der Waals surface area contributed by atoms with Gasteiger partial charge in [-0.25, -0.2) is 4.79 Å². The molecule has 0 aliphatic heterocycles. The summed E-state index contributed by atoms with van der Waals surface area (Å²) < 4.78 is 5.51. The van der Waals surface area contributed by atoms with Gasteiger partial charge in [0.05, 0.1) is 0 Å². The van der Waals surface area contributed by atoms with Crippen molar-refractivity contribution < 1.29 is 14.6 Å². The summed E-state index contributed by atoms with van der Waals surface area (Å²) in [5.74, 6) is -0.790. The van der Waals surface area contributed by atoms with Crippen molar-refractivity contribution in [3.8, 4) is 0 Å². The van der Waals surface area contributed by atoms with Gasteiger partial charge in [-0.3, -0.25) is 0 Å².